The molecule has 0 saturated heterocycles. The van der Waals surface area contributed by atoms with Crippen molar-refractivity contribution in [1.82, 2.24) is 0 Å². The van der Waals surface area contributed by atoms with E-state index in [0.29, 0.717) is 18.3 Å². The van der Waals surface area contributed by atoms with E-state index in [1.807, 2.05) is 6.92 Å². The highest BCUT2D eigenvalue weighted by Crippen LogP contribution is 2.37. The lowest BCUT2D eigenvalue weighted by molar-refractivity contribution is 0.260. The van der Waals surface area contributed by atoms with Crippen molar-refractivity contribution in [3.8, 4) is 0 Å². The van der Waals surface area contributed by atoms with E-state index in [1.54, 1.807) is 0 Å². The molecule has 0 aromatic carbocycles. The van der Waals surface area contributed by atoms with Crippen molar-refractivity contribution in [3.05, 3.63) is 10.4 Å². The highest BCUT2D eigenvalue weighted by Gasteiger charge is 2.38. The lowest BCUT2D eigenvalue weighted by atomic mass is 10.2. The molecule has 0 aromatic rings. The predicted molar refractivity (Wildman–Crippen MR) is 128 cm³/mol. The van der Waals surface area contributed by atoms with Gasteiger partial charge in [-0.05, 0) is 54.6 Å². The second kappa shape index (κ2) is 12.3. The molecule has 0 bridgehead atoms. The summed E-state index contributed by atoms with van der Waals surface area (Å²) in [5, 5.41) is 4.21. The summed E-state index contributed by atoms with van der Waals surface area (Å²) in [5.74, 6) is 0. The van der Waals surface area contributed by atoms with Crippen LogP contribution in [0.4, 0.5) is 0 Å². The minimum atomic E-state index is -1.70. The Morgan fingerprint density at radius 2 is 1.25 bits per heavy atom. The average Bonchev–Trinajstić information content (AvgIpc) is 2.55. The maximum atomic E-state index is 8.37. The Hall–Kier alpha value is -0.376. The standard InChI is InChI=1S/C10H23N3OSi.C10H25NOSi/c1-7-9(12-13-11)8-14-15(5,6)10(2,3)4;1-7-9(11)8-12-13(5,6)10(2,3)4/h9H,7-8H2,1-6H3;9H,7-8,11H2,1-6H3/t2*9-/m00/s1. The van der Waals surface area contributed by atoms with Gasteiger partial charge in [0, 0.05) is 24.2 Å². The second-order valence-electron chi connectivity index (χ2n) is 10.6. The van der Waals surface area contributed by atoms with Gasteiger partial charge in [0.2, 0.25) is 0 Å². The maximum Gasteiger partial charge on any atom is 0.192 e. The number of rotatable bonds is 9. The summed E-state index contributed by atoms with van der Waals surface area (Å²) in [6.45, 7) is 27.6. The van der Waals surface area contributed by atoms with Gasteiger partial charge in [0.1, 0.15) is 0 Å². The minimum absolute atomic E-state index is 0.0240. The van der Waals surface area contributed by atoms with Crippen LogP contribution in [-0.4, -0.2) is 41.9 Å². The van der Waals surface area contributed by atoms with Crippen LogP contribution in [0.3, 0.4) is 0 Å². The largest absolute Gasteiger partial charge is 0.416 e. The SMILES string of the molecule is CC[C@@H](CO[Si](C)(C)C(C)(C)C)N=[N+]=[N-].CC[C@H](N)CO[Si](C)(C)C(C)(C)C. The number of hydrogen-bond donors (Lipinski definition) is 1. The van der Waals surface area contributed by atoms with Gasteiger partial charge in [-0.1, -0.05) is 60.5 Å². The Kier molecular flexibility index (Phi) is 13.2. The van der Waals surface area contributed by atoms with Crippen LogP contribution in [-0.2, 0) is 8.85 Å². The zero-order chi connectivity index (χ0) is 22.8. The molecule has 0 aliphatic carbocycles. The van der Waals surface area contributed by atoms with Gasteiger partial charge in [-0.15, -0.1) is 0 Å². The van der Waals surface area contributed by atoms with Crippen molar-refractivity contribution in [2.24, 2.45) is 10.8 Å². The topological polar surface area (TPSA) is 93.2 Å². The molecule has 0 aromatic heterocycles. The van der Waals surface area contributed by atoms with Crippen LogP contribution in [0.1, 0.15) is 68.2 Å². The second-order valence-corrected chi connectivity index (χ2v) is 20.2. The molecule has 0 spiro atoms. The van der Waals surface area contributed by atoms with Crippen LogP contribution >= 0.6 is 0 Å². The van der Waals surface area contributed by atoms with Crippen LogP contribution in [0.5, 0.6) is 0 Å². The molecule has 0 rings (SSSR count). The van der Waals surface area contributed by atoms with Gasteiger partial charge in [-0.2, -0.15) is 0 Å². The molecule has 2 atom stereocenters. The first kappa shape index (κ1) is 29.8. The van der Waals surface area contributed by atoms with E-state index < -0.39 is 16.6 Å². The lowest BCUT2D eigenvalue weighted by Gasteiger charge is -2.36. The summed E-state index contributed by atoms with van der Waals surface area (Å²) in [4.78, 5) is 2.83. The number of nitrogens with two attached hydrogens (primary N) is 1. The van der Waals surface area contributed by atoms with E-state index >= 15 is 0 Å². The Morgan fingerprint density at radius 3 is 1.54 bits per heavy atom. The number of hydrogen-bond acceptors (Lipinski definition) is 4. The first-order valence-electron chi connectivity index (χ1n) is 10.5. The molecular weight excluding hydrogens is 384 g/mol. The van der Waals surface area contributed by atoms with Gasteiger partial charge in [0.05, 0.1) is 6.04 Å². The van der Waals surface area contributed by atoms with Crippen LogP contribution in [0.2, 0.25) is 36.3 Å². The van der Waals surface area contributed by atoms with Crippen LogP contribution in [0.25, 0.3) is 10.4 Å². The quantitative estimate of drug-likeness (QED) is 0.187. The molecule has 0 saturated carbocycles. The van der Waals surface area contributed by atoms with E-state index in [9.17, 15) is 0 Å². The highest BCUT2D eigenvalue weighted by atomic mass is 28.4. The summed E-state index contributed by atoms with van der Waals surface area (Å²) in [7, 11) is -3.26. The minimum Gasteiger partial charge on any atom is -0.416 e. The fourth-order valence-corrected chi connectivity index (χ4v) is 3.58. The summed E-state index contributed by atoms with van der Waals surface area (Å²) in [6, 6.07) is 0.179. The van der Waals surface area contributed by atoms with E-state index in [1.165, 1.54) is 0 Å². The fraction of sp³-hybridized carbons (Fsp3) is 1.00. The molecule has 0 aliphatic heterocycles. The molecule has 28 heavy (non-hydrogen) atoms. The van der Waals surface area contributed by atoms with Crippen LogP contribution < -0.4 is 5.73 Å². The maximum absolute atomic E-state index is 8.37. The summed E-state index contributed by atoms with van der Waals surface area (Å²) in [5.41, 5.74) is 14.2. The van der Waals surface area contributed by atoms with Crippen LogP contribution in [0, 0.1) is 0 Å². The van der Waals surface area contributed by atoms with Crippen LogP contribution in [0.15, 0.2) is 5.11 Å². The Bertz CT molecular complexity index is 480. The molecule has 0 fully saturated rings. The third-order valence-electron chi connectivity index (χ3n) is 6.12. The molecule has 0 unspecified atom stereocenters. The molecule has 0 heterocycles. The molecule has 0 amide bonds. The van der Waals surface area contributed by atoms with Crippen molar-refractivity contribution < 1.29 is 8.85 Å². The van der Waals surface area contributed by atoms with Gasteiger partial charge in [-0.25, -0.2) is 0 Å². The van der Waals surface area contributed by atoms with Gasteiger partial charge >= 0.3 is 0 Å². The number of nitrogens with zero attached hydrogens (tertiary/aromatic N) is 3. The van der Waals surface area contributed by atoms with Gasteiger partial charge < -0.3 is 14.6 Å². The summed E-state index contributed by atoms with van der Waals surface area (Å²) >= 11 is 0. The zero-order valence-corrected chi connectivity index (χ0v) is 22.7. The summed E-state index contributed by atoms with van der Waals surface area (Å²) < 4.78 is 11.9. The fourth-order valence-electron chi connectivity index (χ4n) is 1.48. The van der Waals surface area contributed by atoms with Crippen molar-refractivity contribution in [2.45, 2.75) is 117 Å². The van der Waals surface area contributed by atoms with E-state index in [2.05, 4.69) is 84.7 Å². The number of azide groups is 1. The first-order chi connectivity index (χ1) is 12.4. The lowest BCUT2D eigenvalue weighted by Crippen LogP contribution is -2.43. The molecule has 168 valence electrons. The van der Waals surface area contributed by atoms with Crippen molar-refractivity contribution in [1.29, 1.82) is 0 Å². The van der Waals surface area contributed by atoms with Crippen molar-refractivity contribution >= 4 is 16.6 Å². The Labute approximate surface area is 176 Å². The normalized spacial score (nSPS) is 15.2. The summed E-state index contributed by atoms with van der Waals surface area (Å²) in [6.07, 6.45) is 1.83. The average molecular weight is 433 g/mol. The third kappa shape index (κ3) is 11.6. The smallest absolute Gasteiger partial charge is 0.192 e. The molecule has 2 N–H and O–H groups in total. The molecular formula is C20H48N4O2Si2. The Balaban J connectivity index is 0. The molecule has 0 radical (unpaired) electrons. The van der Waals surface area contributed by atoms with E-state index in [0.717, 1.165) is 12.8 Å². The molecule has 0 aliphatic rings. The van der Waals surface area contributed by atoms with E-state index in [4.69, 9.17) is 20.1 Å². The molecule has 6 nitrogen and oxygen atoms in total. The van der Waals surface area contributed by atoms with Crippen molar-refractivity contribution in [2.75, 3.05) is 13.2 Å². The van der Waals surface area contributed by atoms with E-state index in [-0.39, 0.29) is 17.1 Å². The zero-order valence-electron chi connectivity index (χ0n) is 20.7. The third-order valence-corrected chi connectivity index (χ3v) is 15.1. The van der Waals surface area contributed by atoms with Gasteiger partial charge in [0.15, 0.2) is 16.6 Å². The molecule has 8 heteroatoms. The first-order valence-corrected chi connectivity index (χ1v) is 16.3. The Morgan fingerprint density at radius 1 is 0.857 bits per heavy atom. The van der Waals surface area contributed by atoms with Gasteiger partial charge in [0.25, 0.3) is 0 Å². The predicted octanol–water partition coefficient (Wildman–Crippen LogP) is 6.84. The highest BCUT2D eigenvalue weighted by molar-refractivity contribution is 6.74. The van der Waals surface area contributed by atoms with Crippen molar-refractivity contribution in [3.63, 3.8) is 0 Å². The monoisotopic (exact) mass is 432 g/mol. The van der Waals surface area contributed by atoms with Gasteiger partial charge in [-0.3, -0.25) is 0 Å².